The molecule has 2 rings (SSSR count). The maximum absolute atomic E-state index is 13.9. The van der Waals surface area contributed by atoms with Crippen LogP contribution in [-0.2, 0) is 4.79 Å². The van der Waals surface area contributed by atoms with Crippen molar-refractivity contribution in [3.8, 4) is 0 Å². The zero-order valence-electron chi connectivity index (χ0n) is 11.6. The Kier molecular flexibility index (Phi) is 5.06. The number of thioether (sulfide) groups is 1. The van der Waals surface area contributed by atoms with Gasteiger partial charge in [-0.2, -0.15) is 0 Å². The summed E-state index contributed by atoms with van der Waals surface area (Å²) in [7, 11) is 0. The van der Waals surface area contributed by atoms with Gasteiger partial charge in [0.05, 0.1) is 11.6 Å². The number of hydrogen-bond donors (Lipinski definition) is 2. The molecule has 1 aromatic carbocycles. The van der Waals surface area contributed by atoms with E-state index in [1.807, 2.05) is 6.92 Å². The standard InChI is InChI=1S/C14H17FN2O3S/c1-2-21-11-5-3-4-10(15)12(11)16-14(20)17-7-6-9(8-17)13(18)19/h3-5,9H,2,6-8H2,1H3,(H,16,20)(H,18,19). The van der Waals surface area contributed by atoms with Crippen LogP contribution in [0.25, 0.3) is 0 Å². The van der Waals surface area contributed by atoms with E-state index in [4.69, 9.17) is 5.11 Å². The van der Waals surface area contributed by atoms with Crippen LogP contribution in [0.5, 0.6) is 0 Å². The van der Waals surface area contributed by atoms with Crippen molar-refractivity contribution >= 4 is 29.4 Å². The molecule has 1 atom stereocenters. The zero-order valence-corrected chi connectivity index (χ0v) is 12.5. The number of hydrogen-bond acceptors (Lipinski definition) is 3. The van der Waals surface area contributed by atoms with Crippen LogP contribution in [0.4, 0.5) is 14.9 Å². The highest BCUT2D eigenvalue weighted by atomic mass is 32.2. The zero-order chi connectivity index (χ0) is 15.4. The molecular weight excluding hydrogens is 295 g/mol. The van der Waals surface area contributed by atoms with Gasteiger partial charge in [0.15, 0.2) is 0 Å². The predicted molar refractivity (Wildman–Crippen MR) is 79.1 cm³/mol. The average molecular weight is 312 g/mol. The molecule has 5 nitrogen and oxygen atoms in total. The molecule has 2 N–H and O–H groups in total. The van der Waals surface area contributed by atoms with Crippen molar-refractivity contribution in [1.82, 2.24) is 4.90 Å². The van der Waals surface area contributed by atoms with Gasteiger partial charge in [-0.3, -0.25) is 4.79 Å². The smallest absolute Gasteiger partial charge is 0.321 e. The van der Waals surface area contributed by atoms with Gasteiger partial charge in [-0.15, -0.1) is 11.8 Å². The first kappa shape index (κ1) is 15.6. The molecule has 1 saturated heterocycles. The van der Waals surface area contributed by atoms with E-state index >= 15 is 0 Å². The van der Waals surface area contributed by atoms with Gasteiger partial charge in [-0.25, -0.2) is 9.18 Å². The van der Waals surface area contributed by atoms with Crippen molar-refractivity contribution in [3.63, 3.8) is 0 Å². The van der Waals surface area contributed by atoms with Gasteiger partial charge in [0.1, 0.15) is 5.82 Å². The molecule has 1 heterocycles. The monoisotopic (exact) mass is 312 g/mol. The first-order valence-corrected chi connectivity index (χ1v) is 7.71. The van der Waals surface area contributed by atoms with E-state index in [1.165, 1.54) is 22.7 Å². The predicted octanol–water partition coefficient (Wildman–Crippen LogP) is 2.88. The summed E-state index contributed by atoms with van der Waals surface area (Å²) in [6.45, 7) is 2.47. The number of aliphatic carboxylic acids is 1. The Bertz CT molecular complexity index is 553. The van der Waals surface area contributed by atoms with Crippen molar-refractivity contribution < 1.29 is 19.1 Å². The van der Waals surface area contributed by atoms with Crippen LogP contribution in [0.1, 0.15) is 13.3 Å². The second-order valence-electron chi connectivity index (χ2n) is 4.75. The van der Waals surface area contributed by atoms with Crippen LogP contribution in [0, 0.1) is 11.7 Å². The average Bonchev–Trinajstić information content (AvgIpc) is 2.93. The molecule has 114 valence electrons. The third-order valence-corrected chi connectivity index (χ3v) is 4.27. The number of urea groups is 1. The fourth-order valence-electron chi connectivity index (χ4n) is 2.23. The van der Waals surface area contributed by atoms with Crippen molar-refractivity contribution in [3.05, 3.63) is 24.0 Å². The van der Waals surface area contributed by atoms with Crippen molar-refractivity contribution in [2.75, 3.05) is 24.2 Å². The first-order valence-electron chi connectivity index (χ1n) is 6.73. The summed E-state index contributed by atoms with van der Waals surface area (Å²) in [5, 5.41) is 11.5. The van der Waals surface area contributed by atoms with Crippen LogP contribution in [0.3, 0.4) is 0 Å². The summed E-state index contributed by atoms with van der Waals surface area (Å²) >= 11 is 1.44. The molecule has 0 aliphatic carbocycles. The fourth-order valence-corrected chi connectivity index (χ4v) is 3.01. The number of carbonyl (C=O) groups is 2. The molecule has 1 fully saturated rings. The minimum absolute atomic E-state index is 0.159. The summed E-state index contributed by atoms with van der Waals surface area (Å²) in [6, 6.07) is 4.18. The number of halogens is 1. The van der Waals surface area contributed by atoms with Gasteiger partial charge in [0.25, 0.3) is 0 Å². The maximum Gasteiger partial charge on any atom is 0.321 e. The Morgan fingerprint density at radius 2 is 2.29 bits per heavy atom. The van der Waals surface area contributed by atoms with E-state index < -0.39 is 23.7 Å². The van der Waals surface area contributed by atoms with Gasteiger partial charge in [0, 0.05) is 18.0 Å². The lowest BCUT2D eigenvalue weighted by Crippen LogP contribution is -2.34. The second kappa shape index (κ2) is 6.80. The van der Waals surface area contributed by atoms with Gasteiger partial charge in [0.2, 0.25) is 0 Å². The van der Waals surface area contributed by atoms with E-state index in [0.29, 0.717) is 17.9 Å². The molecule has 1 aliphatic heterocycles. The van der Waals surface area contributed by atoms with Crippen LogP contribution in [0.2, 0.25) is 0 Å². The lowest BCUT2D eigenvalue weighted by atomic mass is 10.1. The van der Waals surface area contributed by atoms with Crippen LogP contribution in [-0.4, -0.2) is 40.8 Å². The Labute approximate surface area is 126 Å². The van der Waals surface area contributed by atoms with Gasteiger partial charge in [-0.05, 0) is 24.3 Å². The lowest BCUT2D eigenvalue weighted by Gasteiger charge is -2.18. The molecule has 21 heavy (non-hydrogen) atoms. The molecule has 0 radical (unpaired) electrons. The van der Waals surface area contributed by atoms with Gasteiger partial charge in [-0.1, -0.05) is 13.0 Å². The number of likely N-dealkylation sites (tertiary alicyclic amines) is 1. The highest BCUT2D eigenvalue weighted by Gasteiger charge is 2.31. The lowest BCUT2D eigenvalue weighted by molar-refractivity contribution is -0.141. The number of carboxylic acid groups (broad SMARTS) is 1. The Hall–Kier alpha value is -1.76. The quantitative estimate of drug-likeness (QED) is 0.839. The summed E-state index contributed by atoms with van der Waals surface area (Å²) < 4.78 is 13.9. The number of para-hydroxylation sites is 1. The number of carboxylic acids is 1. The summed E-state index contributed by atoms with van der Waals surface area (Å²) in [5.74, 6) is -1.17. The van der Waals surface area contributed by atoms with Gasteiger partial charge < -0.3 is 15.3 Å². The van der Waals surface area contributed by atoms with Crippen LogP contribution < -0.4 is 5.32 Å². The molecule has 1 aliphatic rings. The number of benzene rings is 1. The SMILES string of the molecule is CCSc1cccc(F)c1NC(=O)N1CCC(C(=O)O)C1. The third-order valence-electron chi connectivity index (χ3n) is 3.33. The fraction of sp³-hybridized carbons (Fsp3) is 0.429. The highest BCUT2D eigenvalue weighted by Crippen LogP contribution is 2.30. The summed E-state index contributed by atoms with van der Waals surface area (Å²) in [5.41, 5.74) is 0.160. The minimum atomic E-state index is -0.904. The molecule has 1 aromatic rings. The van der Waals surface area contributed by atoms with E-state index in [1.54, 1.807) is 12.1 Å². The molecule has 1 unspecified atom stereocenters. The third kappa shape index (κ3) is 3.66. The number of anilines is 1. The van der Waals surface area contributed by atoms with Crippen molar-refractivity contribution in [2.24, 2.45) is 5.92 Å². The van der Waals surface area contributed by atoms with Crippen LogP contribution in [0.15, 0.2) is 23.1 Å². The highest BCUT2D eigenvalue weighted by molar-refractivity contribution is 7.99. The maximum atomic E-state index is 13.9. The number of rotatable bonds is 4. The molecular formula is C14H17FN2O3S. The normalized spacial score (nSPS) is 17.8. The summed E-state index contributed by atoms with van der Waals surface area (Å²) in [6.07, 6.45) is 0.427. The van der Waals surface area contributed by atoms with Crippen LogP contribution >= 0.6 is 11.8 Å². The molecule has 0 spiro atoms. The minimum Gasteiger partial charge on any atom is -0.481 e. The molecule has 7 heteroatoms. The van der Waals surface area contributed by atoms with E-state index in [2.05, 4.69) is 5.32 Å². The summed E-state index contributed by atoms with van der Waals surface area (Å²) in [4.78, 5) is 25.1. The van der Waals surface area contributed by atoms with Crippen molar-refractivity contribution in [2.45, 2.75) is 18.2 Å². The Morgan fingerprint density at radius 1 is 1.52 bits per heavy atom. The first-order chi connectivity index (χ1) is 10.0. The molecule has 0 bridgehead atoms. The van der Waals surface area contributed by atoms with E-state index in [-0.39, 0.29) is 12.2 Å². The van der Waals surface area contributed by atoms with Crippen molar-refractivity contribution in [1.29, 1.82) is 0 Å². The Morgan fingerprint density at radius 3 is 2.90 bits per heavy atom. The largest absolute Gasteiger partial charge is 0.481 e. The number of nitrogens with one attached hydrogen (secondary N) is 1. The molecule has 2 amide bonds. The number of amides is 2. The topological polar surface area (TPSA) is 69.6 Å². The second-order valence-corrected chi connectivity index (χ2v) is 6.05. The molecule has 0 saturated carbocycles. The Balaban J connectivity index is 2.08. The number of nitrogens with zero attached hydrogens (tertiary/aromatic N) is 1. The number of carbonyl (C=O) groups excluding carboxylic acids is 1. The molecule has 0 aromatic heterocycles. The van der Waals surface area contributed by atoms with E-state index in [9.17, 15) is 14.0 Å². The van der Waals surface area contributed by atoms with Gasteiger partial charge >= 0.3 is 12.0 Å². The van der Waals surface area contributed by atoms with E-state index in [0.717, 1.165) is 5.75 Å².